The van der Waals surface area contributed by atoms with E-state index in [-0.39, 0.29) is 13.2 Å². The molecule has 0 bridgehead atoms. The Kier molecular flexibility index (Phi) is 8.62. The zero-order chi connectivity index (χ0) is 22.9. The monoisotopic (exact) mass is 492 g/mol. The second-order valence-corrected chi connectivity index (χ2v) is 7.70. The Hall–Kier alpha value is -2.93. The van der Waals surface area contributed by atoms with Crippen molar-refractivity contribution in [3.8, 4) is 17.2 Å². The van der Waals surface area contributed by atoms with E-state index in [0.29, 0.717) is 37.9 Å². The molecule has 9 heteroatoms. The van der Waals surface area contributed by atoms with Crippen LogP contribution in [0.3, 0.4) is 0 Å². The zero-order valence-corrected chi connectivity index (χ0v) is 19.2. The number of hydrogen-bond acceptors (Lipinski definition) is 5. The average molecular weight is 494 g/mol. The number of halogens is 3. The molecule has 32 heavy (non-hydrogen) atoms. The van der Waals surface area contributed by atoms with Crippen LogP contribution in [0.25, 0.3) is 0 Å². The molecule has 3 rings (SSSR count). The smallest absolute Gasteiger partial charge is 0.277 e. The number of methoxy groups -OCH3 is 1. The lowest BCUT2D eigenvalue weighted by Crippen LogP contribution is -2.24. The third-order valence-electron chi connectivity index (χ3n) is 4.17. The standard InChI is InChI=1S/C23H19Cl3N2O4/c1-30-21-11-15(10-20(26)23(21)32-13-16-4-2-3-5-19(16)25)12-27-28-22(29)14-31-18-8-6-17(24)7-9-18/h2-12H,13-14H2,1H3,(H,28,29)/b27-12+. The number of ether oxygens (including phenoxy) is 3. The maximum Gasteiger partial charge on any atom is 0.277 e. The molecule has 0 unspecified atom stereocenters. The SMILES string of the molecule is COc1cc(/C=N/NC(=O)COc2ccc(Cl)cc2)cc(Cl)c1OCc1ccccc1Cl. The van der Waals surface area contributed by atoms with Gasteiger partial charge in [-0.25, -0.2) is 5.43 Å². The summed E-state index contributed by atoms with van der Waals surface area (Å²) in [6.07, 6.45) is 1.44. The third kappa shape index (κ3) is 6.79. The average Bonchev–Trinajstić information content (AvgIpc) is 2.78. The quantitative estimate of drug-likeness (QED) is 0.304. The Morgan fingerprint density at radius 1 is 1.00 bits per heavy atom. The Morgan fingerprint density at radius 3 is 2.47 bits per heavy atom. The first kappa shape index (κ1) is 23.7. The molecule has 0 aromatic heterocycles. The summed E-state index contributed by atoms with van der Waals surface area (Å²) in [7, 11) is 1.50. The number of nitrogens with one attached hydrogen (secondary N) is 1. The lowest BCUT2D eigenvalue weighted by Gasteiger charge is -2.14. The van der Waals surface area contributed by atoms with Crippen molar-refractivity contribution in [1.29, 1.82) is 0 Å². The van der Waals surface area contributed by atoms with Crippen molar-refractivity contribution in [2.75, 3.05) is 13.7 Å². The van der Waals surface area contributed by atoms with Gasteiger partial charge in [-0.15, -0.1) is 0 Å². The van der Waals surface area contributed by atoms with Crippen molar-refractivity contribution in [3.05, 3.63) is 86.9 Å². The highest BCUT2D eigenvalue weighted by Crippen LogP contribution is 2.37. The van der Waals surface area contributed by atoms with Crippen molar-refractivity contribution >= 4 is 46.9 Å². The van der Waals surface area contributed by atoms with Crippen molar-refractivity contribution < 1.29 is 19.0 Å². The largest absolute Gasteiger partial charge is 0.493 e. The minimum absolute atomic E-state index is 0.197. The summed E-state index contributed by atoms with van der Waals surface area (Å²) in [4.78, 5) is 11.9. The maximum atomic E-state index is 11.9. The molecule has 1 N–H and O–H groups in total. The summed E-state index contributed by atoms with van der Waals surface area (Å²) in [5, 5.41) is 5.43. The normalized spacial score (nSPS) is 10.8. The minimum Gasteiger partial charge on any atom is -0.493 e. The molecule has 0 saturated heterocycles. The van der Waals surface area contributed by atoms with E-state index in [1.165, 1.54) is 13.3 Å². The number of nitrogens with zero attached hydrogens (tertiary/aromatic N) is 1. The molecule has 3 aromatic carbocycles. The van der Waals surface area contributed by atoms with Crippen LogP contribution in [-0.2, 0) is 11.4 Å². The first-order chi connectivity index (χ1) is 15.5. The molecule has 0 spiro atoms. The van der Waals surface area contributed by atoms with Gasteiger partial charge >= 0.3 is 0 Å². The van der Waals surface area contributed by atoms with Crippen molar-refractivity contribution in [3.63, 3.8) is 0 Å². The van der Waals surface area contributed by atoms with E-state index in [2.05, 4.69) is 10.5 Å². The molecule has 1 amide bonds. The van der Waals surface area contributed by atoms with Gasteiger partial charge in [0.1, 0.15) is 12.4 Å². The number of benzene rings is 3. The maximum absolute atomic E-state index is 11.9. The number of amides is 1. The van der Waals surface area contributed by atoms with Gasteiger partial charge in [0, 0.05) is 15.6 Å². The molecule has 0 aliphatic carbocycles. The lowest BCUT2D eigenvalue weighted by molar-refractivity contribution is -0.123. The van der Waals surface area contributed by atoms with Crippen molar-refractivity contribution in [2.45, 2.75) is 6.61 Å². The second kappa shape index (κ2) is 11.6. The number of hydrogen-bond donors (Lipinski definition) is 1. The van der Waals surface area contributed by atoms with E-state index in [9.17, 15) is 4.79 Å². The van der Waals surface area contributed by atoms with Gasteiger partial charge in [-0.05, 0) is 48.0 Å². The summed E-state index contributed by atoms with van der Waals surface area (Å²) in [5.74, 6) is 0.904. The Labute approximate surface area is 200 Å². The van der Waals surface area contributed by atoms with E-state index in [1.807, 2.05) is 18.2 Å². The second-order valence-electron chi connectivity index (χ2n) is 6.45. The number of carbonyl (C=O) groups excluding carboxylic acids is 1. The van der Waals surface area contributed by atoms with Crippen LogP contribution in [0.4, 0.5) is 0 Å². The highest BCUT2D eigenvalue weighted by molar-refractivity contribution is 6.32. The predicted molar refractivity (Wildman–Crippen MR) is 126 cm³/mol. The third-order valence-corrected chi connectivity index (χ3v) is 5.07. The molecule has 0 saturated carbocycles. The summed E-state index contributed by atoms with van der Waals surface area (Å²) in [5.41, 5.74) is 3.81. The predicted octanol–water partition coefficient (Wildman–Crippen LogP) is 5.76. The van der Waals surface area contributed by atoms with Crippen LogP contribution in [0.1, 0.15) is 11.1 Å². The van der Waals surface area contributed by atoms with Gasteiger partial charge in [0.25, 0.3) is 5.91 Å². The first-order valence-corrected chi connectivity index (χ1v) is 10.5. The lowest BCUT2D eigenvalue weighted by atomic mass is 10.2. The van der Waals surface area contributed by atoms with Crippen LogP contribution in [0.15, 0.2) is 65.8 Å². The molecule has 166 valence electrons. The molecule has 3 aromatic rings. The molecule has 0 atom stereocenters. The molecular formula is C23H19Cl3N2O4. The summed E-state index contributed by atoms with van der Waals surface area (Å²) >= 11 is 18.3. The highest BCUT2D eigenvalue weighted by Gasteiger charge is 2.13. The van der Waals surface area contributed by atoms with Gasteiger partial charge in [-0.2, -0.15) is 5.10 Å². The van der Waals surface area contributed by atoms with Crippen molar-refractivity contribution in [1.82, 2.24) is 5.43 Å². The van der Waals surface area contributed by atoms with Gasteiger partial charge in [0.2, 0.25) is 0 Å². The van der Waals surface area contributed by atoms with Gasteiger partial charge in [-0.1, -0.05) is 53.0 Å². The van der Waals surface area contributed by atoms with E-state index in [0.717, 1.165) is 5.56 Å². The fourth-order valence-electron chi connectivity index (χ4n) is 2.61. The van der Waals surface area contributed by atoms with Crippen molar-refractivity contribution in [2.24, 2.45) is 5.10 Å². The van der Waals surface area contributed by atoms with E-state index in [4.69, 9.17) is 49.0 Å². The van der Waals surface area contributed by atoms with Gasteiger partial charge in [0.15, 0.2) is 18.1 Å². The van der Waals surface area contributed by atoms with E-state index in [1.54, 1.807) is 42.5 Å². The first-order valence-electron chi connectivity index (χ1n) is 9.40. The number of hydrazone groups is 1. The van der Waals surface area contributed by atoms with Gasteiger partial charge in [-0.3, -0.25) is 4.79 Å². The summed E-state index contributed by atoms with van der Waals surface area (Å²) in [6, 6.07) is 17.4. The fourth-order valence-corrected chi connectivity index (χ4v) is 3.20. The molecule has 0 aliphatic rings. The summed E-state index contributed by atoms with van der Waals surface area (Å²) in [6.45, 7) is 0.0325. The number of rotatable bonds is 9. The van der Waals surface area contributed by atoms with E-state index < -0.39 is 5.91 Å². The zero-order valence-electron chi connectivity index (χ0n) is 17.0. The van der Waals surface area contributed by atoms with Crippen LogP contribution >= 0.6 is 34.8 Å². The molecule has 0 fully saturated rings. The molecular weight excluding hydrogens is 475 g/mol. The molecule has 0 heterocycles. The Morgan fingerprint density at radius 2 is 1.75 bits per heavy atom. The van der Waals surface area contributed by atoms with Crippen LogP contribution in [0.5, 0.6) is 17.2 Å². The van der Waals surface area contributed by atoms with Crippen LogP contribution in [0, 0.1) is 0 Å². The minimum atomic E-state index is -0.422. The number of carbonyl (C=O) groups is 1. The van der Waals surface area contributed by atoms with Crippen LogP contribution < -0.4 is 19.6 Å². The fraction of sp³-hybridized carbons (Fsp3) is 0.130. The van der Waals surface area contributed by atoms with Gasteiger partial charge < -0.3 is 14.2 Å². The van der Waals surface area contributed by atoms with Gasteiger partial charge in [0.05, 0.1) is 18.3 Å². The van der Waals surface area contributed by atoms with E-state index >= 15 is 0 Å². The van der Waals surface area contributed by atoms with Crippen LogP contribution in [-0.4, -0.2) is 25.8 Å². The summed E-state index contributed by atoms with van der Waals surface area (Å²) < 4.78 is 16.6. The van der Waals surface area contributed by atoms with Crippen LogP contribution in [0.2, 0.25) is 15.1 Å². The molecule has 0 radical (unpaired) electrons. The molecule has 6 nitrogen and oxygen atoms in total. The Balaban J connectivity index is 1.58. The molecule has 0 aliphatic heterocycles. The Bertz CT molecular complexity index is 1100. The highest BCUT2D eigenvalue weighted by atomic mass is 35.5. The topological polar surface area (TPSA) is 69.2 Å².